The molecule has 1 amide bonds. The fourth-order valence-corrected chi connectivity index (χ4v) is 1.55. The van der Waals surface area contributed by atoms with Gasteiger partial charge < -0.3 is 15.6 Å². The molecule has 1 aromatic rings. The summed E-state index contributed by atoms with van der Waals surface area (Å²) in [6.07, 6.45) is 0.510. The molecule has 0 saturated heterocycles. The molecule has 0 saturated carbocycles. The standard InChI is InChI=1S/C11H14ClNO3/c1-7-5-9(12)10(16-4-2-3-14)6-8(7)11(13)15/h5-6,14H,2-4H2,1H3,(H2,13,15). The van der Waals surface area contributed by atoms with Gasteiger partial charge in [-0.3, -0.25) is 4.79 Å². The molecule has 88 valence electrons. The van der Waals surface area contributed by atoms with Gasteiger partial charge in [0, 0.05) is 18.6 Å². The quantitative estimate of drug-likeness (QED) is 0.770. The van der Waals surface area contributed by atoms with Gasteiger partial charge in [-0.25, -0.2) is 0 Å². The lowest BCUT2D eigenvalue weighted by molar-refractivity contribution is 0.0999. The smallest absolute Gasteiger partial charge is 0.249 e. The summed E-state index contributed by atoms with van der Waals surface area (Å²) in [5.41, 5.74) is 6.32. The zero-order chi connectivity index (χ0) is 12.1. The number of aliphatic hydroxyl groups is 1. The van der Waals surface area contributed by atoms with Gasteiger partial charge in [-0.2, -0.15) is 0 Å². The van der Waals surface area contributed by atoms with Crippen molar-refractivity contribution in [3.8, 4) is 5.75 Å². The van der Waals surface area contributed by atoms with E-state index in [1.807, 2.05) is 0 Å². The van der Waals surface area contributed by atoms with Gasteiger partial charge in [0.1, 0.15) is 5.75 Å². The number of rotatable bonds is 5. The van der Waals surface area contributed by atoms with Crippen molar-refractivity contribution >= 4 is 17.5 Å². The Hall–Kier alpha value is -1.26. The second-order valence-corrected chi connectivity index (χ2v) is 3.79. The van der Waals surface area contributed by atoms with Crippen LogP contribution in [0.2, 0.25) is 5.02 Å². The Morgan fingerprint density at radius 1 is 1.56 bits per heavy atom. The number of hydrogen-bond donors (Lipinski definition) is 2. The molecule has 0 atom stereocenters. The fourth-order valence-electron chi connectivity index (χ4n) is 1.28. The highest BCUT2D eigenvalue weighted by Gasteiger charge is 2.10. The van der Waals surface area contributed by atoms with Gasteiger partial charge in [-0.1, -0.05) is 11.6 Å². The van der Waals surface area contributed by atoms with E-state index >= 15 is 0 Å². The van der Waals surface area contributed by atoms with Crippen LogP contribution in [0.25, 0.3) is 0 Å². The van der Waals surface area contributed by atoms with Crippen LogP contribution in [0.1, 0.15) is 22.3 Å². The van der Waals surface area contributed by atoms with E-state index in [0.717, 1.165) is 0 Å². The van der Waals surface area contributed by atoms with E-state index in [9.17, 15) is 4.79 Å². The summed E-state index contributed by atoms with van der Waals surface area (Å²) in [5, 5.41) is 9.04. The number of carbonyl (C=O) groups excluding carboxylic acids is 1. The van der Waals surface area contributed by atoms with Gasteiger partial charge >= 0.3 is 0 Å². The van der Waals surface area contributed by atoms with Crippen molar-refractivity contribution in [1.29, 1.82) is 0 Å². The van der Waals surface area contributed by atoms with E-state index in [4.69, 9.17) is 27.2 Å². The number of halogens is 1. The molecule has 4 nitrogen and oxygen atoms in total. The van der Waals surface area contributed by atoms with E-state index in [0.29, 0.717) is 34.9 Å². The van der Waals surface area contributed by atoms with Gasteiger partial charge in [-0.05, 0) is 24.6 Å². The molecule has 3 N–H and O–H groups in total. The maximum Gasteiger partial charge on any atom is 0.249 e. The highest BCUT2D eigenvalue weighted by Crippen LogP contribution is 2.28. The minimum Gasteiger partial charge on any atom is -0.492 e. The van der Waals surface area contributed by atoms with E-state index in [1.54, 1.807) is 13.0 Å². The van der Waals surface area contributed by atoms with Crippen molar-refractivity contribution in [2.75, 3.05) is 13.2 Å². The number of aryl methyl sites for hydroxylation is 1. The molecule has 1 rings (SSSR count). The summed E-state index contributed by atoms with van der Waals surface area (Å²) in [5.74, 6) is -0.101. The Balaban J connectivity index is 2.91. The van der Waals surface area contributed by atoms with Crippen molar-refractivity contribution in [1.82, 2.24) is 0 Å². The van der Waals surface area contributed by atoms with Gasteiger partial charge in [0.15, 0.2) is 0 Å². The number of amides is 1. The van der Waals surface area contributed by atoms with Gasteiger partial charge in [0.25, 0.3) is 0 Å². The van der Waals surface area contributed by atoms with Crippen molar-refractivity contribution in [2.45, 2.75) is 13.3 Å². The van der Waals surface area contributed by atoms with Crippen molar-refractivity contribution in [2.24, 2.45) is 5.73 Å². The van der Waals surface area contributed by atoms with E-state index in [1.165, 1.54) is 6.07 Å². The van der Waals surface area contributed by atoms with Crippen LogP contribution in [0.4, 0.5) is 0 Å². The third kappa shape index (κ3) is 3.12. The second kappa shape index (κ2) is 5.72. The number of ether oxygens (including phenoxy) is 1. The van der Waals surface area contributed by atoms with Crippen LogP contribution < -0.4 is 10.5 Å². The van der Waals surface area contributed by atoms with Crippen molar-refractivity contribution in [3.05, 3.63) is 28.3 Å². The fraction of sp³-hybridized carbons (Fsp3) is 0.364. The monoisotopic (exact) mass is 243 g/mol. The molecular formula is C11H14ClNO3. The summed E-state index contributed by atoms with van der Waals surface area (Å²) in [4.78, 5) is 11.1. The molecule has 16 heavy (non-hydrogen) atoms. The number of benzene rings is 1. The van der Waals surface area contributed by atoms with E-state index < -0.39 is 5.91 Å². The van der Waals surface area contributed by atoms with Crippen molar-refractivity contribution in [3.63, 3.8) is 0 Å². The number of primary amides is 1. The summed E-state index contributed by atoms with van der Waals surface area (Å²) in [7, 11) is 0. The molecule has 5 heteroatoms. The van der Waals surface area contributed by atoms with Crippen LogP contribution in [0.15, 0.2) is 12.1 Å². The maximum atomic E-state index is 11.1. The lowest BCUT2D eigenvalue weighted by atomic mass is 10.1. The normalized spacial score (nSPS) is 10.2. The molecule has 0 bridgehead atoms. The molecule has 0 heterocycles. The second-order valence-electron chi connectivity index (χ2n) is 3.39. The highest BCUT2D eigenvalue weighted by molar-refractivity contribution is 6.32. The number of carbonyl (C=O) groups is 1. The molecule has 0 unspecified atom stereocenters. The number of aliphatic hydroxyl groups excluding tert-OH is 1. The first kappa shape index (κ1) is 12.8. The topological polar surface area (TPSA) is 72.6 Å². The number of nitrogens with two attached hydrogens (primary N) is 1. The summed E-state index contributed by atoms with van der Waals surface area (Å²) in [6.45, 7) is 2.15. The molecular weight excluding hydrogens is 230 g/mol. The largest absolute Gasteiger partial charge is 0.492 e. The van der Waals surface area contributed by atoms with Gasteiger partial charge in [-0.15, -0.1) is 0 Å². The average molecular weight is 244 g/mol. The Labute approximate surface area is 99.0 Å². The minimum atomic E-state index is -0.513. The minimum absolute atomic E-state index is 0.0478. The summed E-state index contributed by atoms with van der Waals surface area (Å²) >= 11 is 5.95. The maximum absolute atomic E-state index is 11.1. The molecule has 1 aromatic carbocycles. The first-order valence-electron chi connectivity index (χ1n) is 4.90. The summed E-state index contributed by atoms with van der Waals surface area (Å²) in [6, 6.07) is 3.16. The Morgan fingerprint density at radius 2 is 2.25 bits per heavy atom. The average Bonchev–Trinajstić information content (AvgIpc) is 2.21. The molecule has 0 aliphatic heterocycles. The molecule has 0 fully saturated rings. The Kier molecular flexibility index (Phi) is 4.58. The molecule has 0 aliphatic carbocycles. The van der Waals surface area contributed by atoms with E-state index in [-0.39, 0.29) is 6.61 Å². The van der Waals surface area contributed by atoms with Crippen molar-refractivity contribution < 1.29 is 14.6 Å². The SMILES string of the molecule is Cc1cc(Cl)c(OCCCO)cc1C(N)=O. The highest BCUT2D eigenvalue weighted by atomic mass is 35.5. The molecule has 0 spiro atoms. The molecule has 0 aromatic heterocycles. The zero-order valence-electron chi connectivity index (χ0n) is 9.00. The van der Waals surface area contributed by atoms with Crippen LogP contribution in [0.5, 0.6) is 5.75 Å². The van der Waals surface area contributed by atoms with Gasteiger partial charge in [0.05, 0.1) is 11.6 Å². The van der Waals surface area contributed by atoms with Crippen LogP contribution in [0.3, 0.4) is 0 Å². The zero-order valence-corrected chi connectivity index (χ0v) is 9.75. The van der Waals surface area contributed by atoms with E-state index in [2.05, 4.69) is 0 Å². The Bertz CT molecular complexity index is 393. The Morgan fingerprint density at radius 3 is 2.81 bits per heavy atom. The van der Waals surface area contributed by atoms with Crippen LogP contribution >= 0.6 is 11.6 Å². The summed E-state index contributed by atoms with van der Waals surface area (Å²) < 4.78 is 5.32. The lowest BCUT2D eigenvalue weighted by Crippen LogP contribution is -2.13. The molecule has 0 radical (unpaired) electrons. The predicted molar refractivity (Wildman–Crippen MR) is 61.9 cm³/mol. The first-order chi connectivity index (χ1) is 7.56. The third-order valence-electron chi connectivity index (χ3n) is 2.10. The third-order valence-corrected chi connectivity index (χ3v) is 2.40. The van der Waals surface area contributed by atoms with Gasteiger partial charge in [0.2, 0.25) is 5.91 Å². The molecule has 0 aliphatic rings. The van der Waals surface area contributed by atoms with Crippen LogP contribution in [-0.2, 0) is 0 Å². The first-order valence-corrected chi connectivity index (χ1v) is 5.27. The van der Waals surface area contributed by atoms with Crippen LogP contribution in [-0.4, -0.2) is 24.2 Å². The lowest BCUT2D eigenvalue weighted by Gasteiger charge is -2.10. The number of hydrogen-bond acceptors (Lipinski definition) is 3. The van der Waals surface area contributed by atoms with Crippen LogP contribution in [0, 0.1) is 6.92 Å². The predicted octanol–water partition coefficient (Wildman–Crippen LogP) is 1.51.